The van der Waals surface area contributed by atoms with Gasteiger partial charge >= 0.3 is 6.03 Å². The molecule has 1 aliphatic rings. The SMILES string of the molecule is CCC1(c2ccc(F)cc2)NC(=O)N(CCOC(C)C)C1=O. The molecule has 1 atom stereocenters. The summed E-state index contributed by atoms with van der Waals surface area (Å²) < 4.78 is 18.5. The number of nitrogens with zero attached hydrogens (tertiary/aromatic N) is 1. The highest BCUT2D eigenvalue weighted by Gasteiger charge is 2.50. The summed E-state index contributed by atoms with van der Waals surface area (Å²) in [7, 11) is 0. The van der Waals surface area contributed by atoms with E-state index in [1.165, 1.54) is 24.3 Å². The summed E-state index contributed by atoms with van der Waals surface area (Å²) in [6.07, 6.45) is 0.430. The van der Waals surface area contributed by atoms with Crippen molar-refractivity contribution in [1.82, 2.24) is 10.2 Å². The lowest BCUT2D eigenvalue weighted by Gasteiger charge is -2.25. The fraction of sp³-hybridized carbons (Fsp3) is 0.500. The summed E-state index contributed by atoms with van der Waals surface area (Å²) in [5.74, 6) is -0.701. The quantitative estimate of drug-likeness (QED) is 0.821. The fourth-order valence-electron chi connectivity index (χ4n) is 2.58. The highest BCUT2D eigenvalue weighted by molar-refractivity contribution is 6.07. The lowest BCUT2D eigenvalue weighted by Crippen LogP contribution is -2.43. The molecule has 1 unspecified atom stereocenters. The van der Waals surface area contributed by atoms with Crippen LogP contribution < -0.4 is 5.32 Å². The number of carbonyl (C=O) groups excluding carboxylic acids is 2. The molecule has 1 aromatic rings. The number of hydrogen-bond donors (Lipinski definition) is 1. The number of carbonyl (C=O) groups is 2. The van der Waals surface area contributed by atoms with E-state index in [0.717, 1.165) is 4.90 Å². The van der Waals surface area contributed by atoms with Crippen molar-refractivity contribution in [3.8, 4) is 0 Å². The first-order valence-corrected chi connectivity index (χ1v) is 7.42. The van der Waals surface area contributed by atoms with Crippen LogP contribution in [0.1, 0.15) is 32.8 Å². The van der Waals surface area contributed by atoms with Crippen LogP contribution in [-0.2, 0) is 15.1 Å². The van der Waals surface area contributed by atoms with Gasteiger partial charge in [-0.3, -0.25) is 9.69 Å². The van der Waals surface area contributed by atoms with Gasteiger partial charge in [-0.2, -0.15) is 0 Å². The van der Waals surface area contributed by atoms with E-state index >= 15 is 0 Å². The van der Waals surface area contributed by atoms with Gasteiger partial charge in [-0.25, -0.2) is 9.18 Å². The van der Waals surface area contributed by atoms with Gasteiger partial charge < -0.3 is 10.1 Å². The molecule has 1 heterocycles. The molecule has 2 rings (SSSR count). The average Bonchev–Trinajstić information content (AvgIpc) is 2.72. The number of amides is 3. The zero-order valence-electron chi connectivity index (χ0n) is 13.1. The number of imide groups is 1. The molecule has 3 amide bonds. The first-order valence-electron chi connectivity index (χ1n) is 7.42. The fourth-order valence-corrected chi connectivity index (χ4v) is 2.58. The molecule has 0 saturated carbocycles. The van der Waals surface area contributed by atoms with Crippen molar-refractivity contribution in [3.63, 3.8) is 0 Å². The summed E-state index contributed by atoms with van der Waals surface area (Å²) >= 11 is 0. The van der Waals surface area contributed by atoms with E-state index < -0.39 is 11.6 Å². The maximum atomic E-state index is 13.1. The van der Waals surface area contributed by atoms with Gasteiger partial charge in [0.15, 0.2) is 0 Å². The Morgan fingerprint density at radius 1 is 1.27 bits per heavy atom. The van der Waals surface area contributed by atoms with Crippen LogP contribution in [0.5, 0.6) is 0 Å². The highest BCUT2D eigenvalue weighted by atomic mass is 19.1. The molecule has 22 heavy (non-hydrogen) atoms. The Bertz CT molecular complexity index is 559. The van der Waals surface area contributed by atoms with E-state index in [-0.39, 0.29) is 24.4 Å². The van der Waals surface area contributed by atoms with Crippen LogP contribution in [0.3, 0.4) is 0 Å². The molecular formula is C16H21FN2O3. The molecular weight excluding hydrogens is 287 g/mol. The highest BCUT2D eigenvalue weighted by Crippen LogP contribution is 2.32. The van der Waals surface area contributed by atoms with Crippen molar-refractivity contribution < 1.29 is 18.7 Å². The first kappa shape index (κ1) is 16.4. The molecule has 0 aromatic heterocycles. The smallest absolute Gasteiger partial charge is 0.325 e. The van der Waals surface area contributed by atoms with E-state index in [4.69, 9.17) is 4.74 Å². The lowest BCUT2D eigenvalue weighted by molar-refractivity contribution is -0.132. The third kappa shape index (κ3) is 2.97. The Labute approximate surface area is 129 Å². The normalized spacial score (nSPS) is 21.6. The van der Waals surface area contributed by atoms with E-state index in [0.29, 0.717) is 18.6 Å². The summed E-state index contributed by atoms with van der Waals surface area (Å²) in [5, 5.41) is 2.75. The maximum Gasteiger partial charge on any atom is 0.325 e. The van der Waals surface area contributed by atoms with E-state index in [1.54, 1.807) is 0 Å². The van der Waals surface area contributed by atoms with Crippen LogP contribution >= 0.6 is 0 Å². The van der Waals surface area contributed by atoms with Gasteiger partial charge in [-0.05, 0) is 38.0 Å². The van der Waals surface area contributed by atoms with Crippen molar-refractivity contribution in [2.24, 2.45) is 0 Å². The molecule has 0 radical (unpaired) electrons. The Morgan fingerprint density at radius 2 is 1.91 bits per heavy atom. The number of rotatable bonds is 6. The summed E-state index contributed by atoms with van der Waals surface area (Å²) in [4.78, 5) is 26.0. The minimum Gasteiger partial charge on any atom is -0.377 e. The number of ether oxygens (including phenoxy) is 1. The molecule has 5 nitrogen and oxygen atoms in total. The molecule has 1 fully saturated rings. The van der Waals surface area contributed by atoms with Crippen LogP contribution in [0, 0.1) is 5.82 Å². The molecule has 1 aliphatic heterocycles. The lowest BCUT2D eigenvalue weighted by atomic mass is 9.87. The second-order valence-corrected chi connectivity index (χ2v) is 5.57. The Hall–Kier alpha value is -1.95. The van der Waals surface area contributed by atoms with Crippen molar-refractivity contribution in [3.05, 3.63) is 35.6 Å². The van der Waals surface area contributed by atoms with Gasteiger partial charge in [0, 0.05) is 0 Å². The number of urea groups is 1. The topological polar surface area (TPSA) is 58.6 Å². The van der Waals surface area contributed by atoms with Crippen molar-refractivity contribution in [2.45, 2.75) is 38.8 Å². The zero-order valence-corrected chi connectivity index (χ0v) is 13.1. The average molecular weight is 308 g/mol. The monoisotopic (exact) mass is 308 g/mol. The Morgan fingerprint density at radius 3 is 2.45 bits per heavy atom. The molecule has 0 spiro atoms. The number of halogens is 1. The molecule has 0 aliphatic carbocycles. The zero-order chi connectivity index (χ0) is 16.3. The third-order valence-electron chi connectivity index (χ3n) is 3.81. The largest absolute Gasteiger partial charge is 0.377 e. The minimum absolute atomic E-state index is 0.0359. The van der Waals surface area contributed by atoms with Crippen LogP contribution in [-0.4, -0.2) is 36.1 Å². The Kier molecular flexibility index (Phi) is 4.81. The second kappa shape index (κ2) is 6.44. The van der Waals surface area contributed by atoms with Crippen molar-refractivity contribution in [1.29, 1.82) is 0 Å². The summed E-state index contributed by atoms with van der Waals surface area (Å²) in [6.45, 7) is 6.09. The van der Waals surface area contributed by atoms with Gasteiger partial charge in [0.1, 0.15) is 11.4 Å². The van der Waals surface area contributed by atoms with Crippen molar-refractivity contribution >= 4 is 11.9 Å². The Balaban J connectivity index is 2.21. The summed E-state index contributed by atoms with van der Waals surface area (Å²) in [5.41, 5.74) is -0.537. The van der Waals surface area contributed by atoms with Crippen LogP contribution in [0.4, 0.5) is 9.18 Å². The van der Waals surface area contributed by atoms with E-state index in [2.05, 4.69) is 5.32 Å². The van der Waals surface area contributed by atoms with Gasteiger partial charge in [0.25, 0.3) is 5.91 Å². The predicted octanol–water partition coefficient (Wildman–Crippen LogP) is 2.41. The van der Waals surface area contributed by atoms with E-state index in [9.17, 15) is 14.0 Å². The number of benzene rings is 1. The summed E-state index contributed by atoms with van der Waals surface area (Å²) in [6, 6.07) is 5.20. The number of nitrogens with one attached hydrogen (secondary N) is 1. The van der Waals surface area contributed by atoms with Gasteiger partial charge in [0.05, 0.1) is 19.3 Å². The van der Waals surface area contributed by atoms with Crippen LogP contribution in [0.2, 0.25) is 0 Å². The van der Waals surface area contributed by atoms with Crippen LogP contribution in [0.25, 0.3) is 0 Å². The minimum atomic E-state index is -1.12. The molecule has 0 bridgehead atoms. The van der Waals surface area contributed by atoms with Crippen molar-refractivity contribution in [2.75, 3.05) is 13.2 Å². The third-order valence-corrected chi connectivity index (χ3v) is 3.81. The van der Waals surface area contributed by atoms with Gasteiger partial charge in [-0.15, -0.1) is 0 Å². The van der Waals surface area contributed by atoms with Crippen LogP contribution in [0.15, 0.2) is 24.3 Å². The maximum absolute atomic E-state index is 13.1. The predicted molar refractivity (Wildman–Crippen MR) is 79.7 cm³/mol. The van der Waals surface area contributed by atoms with Gasteiger partial charge in [0.2, 0.25) is 0 Å². The first-order chi connectivity index (χ1) is 10.4. The van der Waals surface area contributed by atoms with E-state index in [1.807, 2.05) is 20.8 Å². The van der Waals surface area contributed by atoms with Gasteiger partial charge in [-0.1, -0.05) is 19.1 Å². The molecule has 1 N–H and O–H groups in total. The number of hydrogen-bond acceptors (Lipinski definition) is 3. The molecule has 6 heteroatoms. The standard InChI is InChI=1S/C16H21FN2O3/c1-4-16(12-5-7-13(17)8-6-12)14(20)19(15(21)18-16)9-10-22-11(2)3/h5-8,11H,4,9-10H2,1-3H3,(H,18,21). The molecule has 120 valence electrons. The molecule has 1 aromatic carbocycles. The molecule has 1 saturated heterocycles. The second-order valence-electron chi connectivity index (χ2n) is 5.57.